The number of fused-ring (bicyclic) bond motifs is 1. The minimum absolute atomic E-state index is 0.720. The van der Waals surface area contributed by atoms with Crippen LogP contribution in [0.3, 0.4) is 0 Å². The smallest absolute Gasteiger partial charge is 0.119 e. The SMILES string of the molecule is COc1ccc(N(C)c2cc3[nH]ncc3cc2N)cc1. The second-order valence-corrected chi connectivity index (χ2v) is 4.63. The Bertz CT molecular complexity index is 733. The normalized spacial score (nSPS) is 10.7. The van der Waals surface area contributed by atoms with Gasteiger partial charge in [0, 0.05) is 18.1 Å². The minimum Gasteiger partial charge on any atom is -0.497 e. The number of benzene rings is 2. The molecule has 0 saturated carbocycles. The van der Waals surface area contributed by atoms with Gasteiger partial charge in [-0.15, -0.1) is 0 Å². The number of rotatable bonds is 3. The van der Waals surface area contributed by atoms with Crippen LogP contribution in [0.2, 0.25) is 0 Å². The van der Waals surface area contributed by atoms with Crippen molar-refractivity contribution in [3.8, 4) is 5.75 Å². The molecule has 0 aliphatic heterocycles. The first-order chi connectivity index (χ1) is 9.69. The number of nitrogens with one attached hydrogen (secondary N) is 1. The van der Waals surface area contributed by atoms with Gasteiger partial charge in [-0.05, 0) is 36.4 Å². The summed E-state index contributed by atoms with van der Waals surface area (Å²) in [7, 11) is 3.64. The Kier molecular flexibility index (Phi) is 2.95. The second kappa shape index (κ2) is 4.77. The largest absolute Gasteiger partial charge is 0.497 e. The van der Waals surface area contributed by atoms with Crippen LogP contribution in [-0.4, -0.2) is 24.4 Å². The molecule has 3 aromatic rings. The number of aromatic amines is 1. The van der Waals surface area contributed by atoms with Gasteiger partial charge in [-0.1, -0.05) is 0 Å². The minimum atomic E-state index is 0.720. The fraction of sp³-hybridized carbons (Fsp3) is 0.133. The lowest BCUT2D eigenvalue weighted by Crippen LogP contribution is -2.11. The maximum absolute atomic E-state index is 6.13. The fourth-order valence-electron chi connectivity index (χ4n) is 2.23. The molecule has 0 amide bonds. The first-order valence-electron chi connectivity index (χ1n) is 6.29. The van der Waals surface area contributed by atoms with E-state index in [-0.39, 0.29) is 0 Å². The third-order valence-corrected chi connectivity index (χ3v) is 3.41. The van der Waals surface area contributed by atoms with Crippen molar-refractivity contribution in [2.45, 2.75) is 0 Å². The summed E-state index contributed by atoms with van der Waals surface area (Å²) < 4.78 is 5.17. The lowest BCUT2D eigenvalue weighted by atomic mass is 10.1. The monoisotopic (exact) mass is 268 g/mol. The molecule has 0 aliphatic carbocycles. The van der Waals surface area contributed by atoms with Crippen LogP contribution < -0.4 is 15.4 Å². The summed E-state index contributed by atoms with van der Waals surface area (Å²) in [5.41, 5.74) is 9.79. The molecule has 0 unspecified atom stereocenters. The number of ether oxygens (including phenoxy) is 1. The van der Waals surface area contributed by atoms with E-state index in [2.05, 4.69) is 10.2 Å². The van der Waals surface area contributed by atoms with Gasteiger partial charge in [0.05, 0.1) is 30.2 Å². The zero-order valence-corrected chi connectivity index (χ0v) is 11.4. The Hall–Kier alpha value is -2.69. The summed E-state index contributed by atoms with van der Waals surface area (Å²) >= 11 is 0. The molecule has 2 aromatic carbocycles. The quantitative estimate of drug-likeness (QED) is 0.717. The summed E-state index contributed by atoms with van der Waals surface area (Å²) in [5.74, 6) is 0.833. The number of nitrogens with two attached hydrogens (primary N) is 1. The molecule has 1 heterocycles. The van der Waals surface area contributed by atoms with Gasteiger partial charge in [0.25, 0.3) is 0 Å². The molecule has 5 heteroatoms. The van der Waals surface area contributed by atoms with Gasteiger partial charge >= 0.3 is 0 Å². The molecule has 0 radical (unpaired) electrons. The number of methoxy groups -OCH3 is 1. The molecule has 0 saturated heterocycles. The molecule has 3 rings (SSSR count). The van der Waals surface area contributed by atoms with Crippen molar-refractivity contribution in [1.82, 2.24) is 10.2 Å². The Morgan fingerprint density at radius 3 is 2.65 bits per heavy atom. The number of H-pyrrole nitrogens is 1. The highest BCUT2D eigenvalue weighted by molar-refractivity contribution is 5.90. The third kappa shape index (κ3) is 2.03. The van der Waals surface area contributed by atoms with Gasteiger partial charge in [-0.3, -0.25) is 5.10 Å². The second-order valence-electron chi connectivity index (χ2n) is 4.63. The lowest BCUT2D eigenvalue weighted by Gasteiger charge is -2.21. The van der Waals surface area contributed by atoms with E-state index in [9.17, 15) is 0 Å². The maximum atomic E-state index is 6.13. The van der Waals surface area contributed by atoms with Gasteiger partial charge < -0.3 is 15.4 Å². The molecule has 0 spiro atoms. The first kappa shape index (κ1) is 12.3. The highest BCUT2D eigenvalue weighted by Crippen LogP contribution is 2.32. The molecule has 1 aromatic heterocycles. The van der Waals surface area contributed by atoms with Crippen LogP contribution in [0.4, 0.5) is 17.1 Å². The van der Waals surface area contributed by atoms with Crippen molar-refractivity contribution < 1.29 is 4.74 Å². The topological polar surface area (TPSA) is 67.2 Å². The molecule has 5 nitrogen and oxygen atoms in total. The van der Waals surface area contributed by atoms with Crippen LogP contribution in [0.15, 0.2) is 42.6 Å². The van der Waals surface area contributed by atoms with Crippen molar-refractivity contribution in [1.29, 1.82) is 0 Å². The Morgan fingerprint density at radius 1 is 1.20 bits per heavy atom. The van der Waals surface area contributed by atoms with Gasteiger partial charge in [0.15, 0.2) is 0 Å². The highest BCUT2D eigenvalue weighted by Gasteiger charge is 2.10. The molecule has 0 bridgehead atoms. The van der Waals surface area contributed by atoms with E-state index in [1.165, 1.54) is 0 Å². The van der Waals surface area contributed by atoms with Gasteiger partial charge in [0.1, 0.15) is 5.75 Å². The molecule has 102 valence electrons. The van der Waals surface area contributed by atoms with Crippen LogP contribution in [0.1, 0.15) is 0 Å². The van der Waals surface area contributed by atoms with Crippen LogP contribution in [-0.2, 0) is 0 Å². The first-order valence-corrected chi connectivity index (χ1v) is 6.29. The number of nitrogen functional groups attached to an aromatic ring is 1. The van der Waals surface area contributed by atoms with E-state index >= 15 is 0 Å². The average molecular weight is 268 g/mol. The van der Waals surface area contributed by atoms with Gasteiger partial charge in [-0.25, -0.2) is 0 Å². The number of anilines is 3. The zero-order valence-electron chi connectivity index (χ0n) is 11.4. The van der Waals surface area contributed by atoms with Crippen molar-refractivity contribution in [3.05, 3.63) is 42.6 Å². The molecule has 0 fully saturated rings. The van der Waals surface area contributed by atoms with E-state index < -0.39 is 0 Å². The van der Waals surface area contributed by atoms with Crippen molar-refractivity contribution in [3.63, 3.8) is 0 Å². The van der Waals surface area contributed by atoms with Crippen molar-refractivity contribution in [2.75, 3.05) is 24.8 Å². The standard InChI is InChI=1S/C15H16N4O/c1-19(11-3-5-12(20-2)6-4-11)15-8-14-10(7-13(15)16)9-17-18-14/h3-9H,16H2,1-2H3,(H,17,18). The van der Waals surface area contributed by atoms with E-state index in [0.29, 0.717) is 0 Å². The molecular weight excluding hydrogens is 252 g/mol. The molecule has 0 aliphatic rings. The molecule has 20 heavy (non-hydrogen) atoms. The summed E-state index contributed by atoms with van der Waals surface area (Å²) in [6, 6.07) is 11.8. The van der Waals surface area contributed by atoms with Crippen molar-refractivity contribution in [2.24, 2.45) is 0 Å². The Morgan fingerprint density at radius 2 is 1.95 bits per heavy atom. The number of aromatic nitrogens is 2. The number of hydrogen-bond donors (Lipinski definition) is 2. The average Bonchev–Trinajstić information content (AvgIpc) is 2.93. The summed E-state index contributed by atoms with van der Waals surface area (Å²) in [6.07, 6.45) is 1.77. The summed E-state index contributed by atoms with van der Waals surface area (Å²) in [6.45, 7) is 0. The number of nitrogens with zero attached hydrogens (tertiary/aromatic N) is 2. The zero-order chi connectivity index (χ0) is 14.1. The molecule has 3 N–H and O–H groups in total. The van der Waals surface area contributed by atoms with E-state index in [1.807, 2.05) is 48.3 Å². The number of hydrogen-bond acceptors (Lipinski definition) is 4. The molecular formula is C15H16N4O. The van der Waals surface area contributed by atoms with Crippen LogP contribution in [0.5, 0.6) is 5.75 Å². The van der Waals surface area contributed by atoms with Crippen LogP contribution >= 0.6 is 0 Å². The summed E-state index contributed by atoms with van der Waals surface area (Å²) in [4.78, 5) is 2.04. The molecule has 0 atom stereocenters. The van der Waals surface area contributed by atoms with Crippen molar-refractivity contribution >= 4 is 28.0 Å². The van der Waals surface area contributed by atoms with E-state index in [0.717, 1.165) is 33.7 Å². The van der Waals surface area contributed by atoms with Gasteiger partial charge in [0.2, 0.25) is 0 Å². The lowest BCUT2D eigenvalue weighted by molar-refractivity contribution is 0.415. The Balaban J connectivity index is 2.01. The predicted molar refractivity (Wildman–Crippen MR) is 81.6 cm³/mol. The van der Waals surface area contributed by atoms with Crippen LogP contribution in [0, 0.1) is 0 Å². The van der Waals surface area contributed by atoms with E-state index in [1.54, 1.807) is 13.3 Å². The van der Waals surface area contributed by atoms with Crippen LogP contribution in [0.25, 0.3) is 10.9 Å². The fourth-order valence-corrected chi connectivity index (χ4v) is 2.23. The summed E-state index contributed by atoms with van der Waals surface area (Å²) in [5, 5.41) is 7.99. The third-order valence-electron chi connectivity index (χ3n) is 3.41. The maximum Gasteiger partial charge on any atom is 0.119 e. The van der Waals surface area contributed by atoms with Gasteiger partial charge in [-0.2, -0.15) is 5.10 Å². The predicted octanol–water partition coefficient (Wildman–Crippen LogP) is 2.92. The van der Waals surface area contributed by atoms with E-state index in [4.69, 9.17) is 10.5 Å². The Labute approximate surface area is 117 Å². The highest BCUT2D eigenvalue weighted by atomic mass is 16.5.